The van der Waals surface area contributed by atoms with Gasteiger partial charge >= 0.3 is 12.2 Å². The average Bonchev–Trinajstić information content (AvgIpc) is 3.00. The molecule has 0 N–H and O–H groups in total. The number of thiophene rings is 1. The Labute approximate surface area is 154 Å². The average molecular weight is 436 g/mol. The molecule has 0 aliphatic carbocycles. The van der Waals surface area contributed by atoms with Crippen molar-refractivity contribution >= 4 is 33.2 Å². The molecule has 134 valence electrons. The molecule has 1 aliphatic rings. The highest BCUT2D eigenvalue weighted by Gasteiger charge is 2.33. The molecule has 10 heteroatoms. The van der Waals surface area contributed by atoms with Crippen molar-refractivity contribution in [3.05, 3.63) is 38.8 Å². The van der Waals surface area contributed by atoms with E-state index in [4.69, 9.17) is 4.74 Å². The summed E-state index contributed by atoms with van der Waals surface area (Å²) in [4.78, 5) is 21.9. The Morgan fingerprint density at radius 3 is 2.92 bits per heavy atom. The maximum Gasteiger partial charge on any atom is 0.433 e. The Bertz CT molecular complexity index is 768. The predicted octanol–water partition coefficient (Wildman–Crippen LogP) is 4.00. The number of piperidine rings is 1. The quantitative estimate of drug-likeness (QED) is 0.730. The number of carbonyl (C=O) groups excluding carboxylic acids is 1. The van der Waals surface area contributed by atoms with Crippen molar-refractivity contribution in [1.29, 1.82) is 0 Å². The zero-order valence-corrected chi connectivity index (χ0v) is 15.2. The Morgan fingerprint density at radius 1 is 1.44 bits per heavy atom. The van der Waals surface area contributed by atoms with E-state index in [1.165, 1.54) is 11.3 Å². The first kappa shape index (κ1) is 18.1. The number of nitrogens with zero attached hydrogens (tertiary/aromatic N) is 3. The van der Waals surface area contributed by atoms with E-state index < -0.39 is 18.0 Å². The first-order valence-corrected chi connectivity index (χ1v) is 9.10. The Hall–Kier alpha value is -1.68. The molecule has 3 rings (SSSR count). The normalized spacial score (nSPS) is 18.2. The van der Waals surface area contributed by atoms with Crippen LogP contribution in [0.3, 0.4) is 0 Å². The van der Waals surface area contributed by atoms with Gasteiger partial charge in [-0.3, -0.25) is 4.79 Å². The number of rotatable bonds is 3. The van der Waals surface area contributed by atoms with E-state index in [9.17, 15) is 18.0 Å². The molecule has 1 fully saturated rings. The summed E-state index contributed by atoms with van der Waals surface area (Å²) < 4.78 is 44.4. The third-order valence-electron chi connectivity index (χ3n) is 3.64. The van der Waals surface area contributed by atoms with E-state index in [-0.39, 0.29) is 18.5 Å². The summed E-state index contributed by atoms with van der Waals surface area (Å²) in [6, 6.07) is 2.21. The predicted molar refractivity (Wildman–Crippen MR) is 88.6 cm³/mol. The zero-order chi connectivity index (χ0) is 18.0. The molecule has 1 atom stereocenters. The first-order valence-electron chi connectivity index (χ1n) is 7.43. The van der Waals surface area contributed by atoms with Gasteiger partial charge in [0.05, 0.1) is 11.4 Å². The van der Waals surface area contributed by atoms with Gasteiger partial charge in [-0.15, -0.1) is 11.3 Å². The lowest BCUT2D eigenvalue weighted by atomic mass is 10.1. The lowest BCUT2D eigenvalue weighted by molar-refractivity contribution is -0.141. The van der Waals surface area contributed by atoms with Crippen LogP contribution in [-0.4, -0.2) is 40.0 Å². The molecule has 0 bridgehead atoms. The first-order chi connectivity index (χ1) is 11.8. The van der Waals surface area contributed by atoms with Gasteiger partial charge in [0.25, 0.3) is 5.91 Å². The van der Waals surface area contributed by atoms with Gasteiger partial charge in [0.1, 0.15) is 6.10 Å². The second kappa shape index (κ2) is 7.28. The van der Waals surface area contributed by atoms with Crippen molar-refractivity contribution < 1.29 is 22.7 Å². The number of amides is 1. The highest BCUT2D eigenvalue weighted by Crippen LogP contribution is 2.28. The number of likely N-dealkylation sites (tertiary alicyclic amines) is 1. The van der Waals surface area contributed by atoms with Gasteiger partial charge in [0.15, 0.2) is 5.69 Å². The third kappa shape index (κ3) is 4.49. The maximum atomic E-state index is 12.7. The molecule has 1 saturated heterocycles. The second-order valence-electron chi connectivity index (χ2n) is 5.48. The van der Waals surface area contributed by atoms with Gasteiger partial charge in [0.2, 0.25) is 0 Å². The van der Waals surface area contributed by atoms with E-state index in [1.807, 2.05) is 5.38 Å². The van der Waals surface area contributed by atoms with Crippen LogP contribution in [0.4, 0.5) is 13.2 Å². The third-order valence-corrected chi connectivity index (χ3v) is 5.32. The van der Waals surface area contributed by atoms with Crippen molar-refractivity contribution in [2.24, 2.45) is 0 Å². The number of halogens is 4. The van der Waals surface area contributed by atoms with Crippen LogP contribution in [0.25, 0.3) is 0 Å². The lowest BCUT2D eigenvalue weighted by Crippen LogP contribution is -2.44. The number of hydrogen-bond donors (Lipinski definition) is 0. The molecule has 0 aromatic carbocycles. The summed E-state index contributed by atoms with van der Waals surface area (Å²) >= 11 is 4.64. The number of hydrogen-bond acceptors (Lipinski definition) is 5. The molecule has 0 radical (unpaired) electrons. The molecule has 0 spiro atoms. The van der Waals surface area contributed by atoms with Crippen molar-refractivity contribution in [3.8, 4) is 6.01 Å². The molecule has 2 aromatic heterocycles. The molecule has 2 aromatic rings. The van der Waals surface area contributed by atoms with E-state index >= 15 is 0 Å². The molecule has 5 nitrogen and oxygen atoms in total. The van der Waals surface area contributed by atoms with Crippen LogP contribution in [0.2, 0.25) is 0 Å². The molecule has 0 saturated carbocycles. The van der Waals surface area contributed by atoms with E-state index in [2.05, 4.69) is 25.9 Å². The van der Waals surface area contributed by atoms with Crippen molar-refractivity contribution in [2.45, 2.75) is 25.1 Å². The molecule has 1 amide bonds. The van der Waals surface area contributed by atoms with Crippen molar-refractivity contribution in [2.75, 3.05) is 13.1 Å². The van der Waals surface area contributed by atoms with Crippen LogP contribution in [0.15, 0.2) is 28.2 Å². The molecular weight excluding hydrogens is 423 g/mol. The monoisotopic (exact) mass is 435 g/mol. The highest BCUT2D eigenvalue weighted by molar-refractivity contribution is 9.10. The fourth-order valence-electron chi connectivity index (χ4n) is 2.50. The number of carbonyl (C=O) groups is 1. The van der Waals surface area contributed by atoms with Crippen LogP contribution in [0.5, 0.6) is 6.01 Å². The maximum absolute atomic E-state index is 12.7. The molecule has 1 unspecified atom stereocenters. The topological polar surface area (TPSA) is 55.3 Å². The van der Waals surface area contributed by atoms with Crippen LogP contribution in [0, 0.1) is 0 Å². The number of alkyl halides is 3. The summed E-state index contributed by atoms with van der Waals surface area (Å²) in [5, 5.41) is 1.82. The van der Waals surface area contributed by atoms with E-state index in [1.54, 1.807) is 11.0 Å². The van der Waals surface area contributed by atoms with Gasteiger partial charge < -0.3 is 9.64 Å². The van der Waals surface area contributed by atoms with Crippen LogP contribution >= 0.6 is 27.3 Å². The minimum absolute atomic E-state index is 0.117. The molecule has 1 aliphatic heterocycles. The van der Waals surface area contributed by atoms with Gasteiger partial charge in [-0.2, -0.15) is 18.2 Å². The molecule has 3 heterocycles. The number of ether oxygens (including phenoxy) is 1. The highest BCUT2D eigenvalue weighted by atomic mass is 79.9. The summed E-state index contributed by atoms with van der Waals surface area (Å²) in [5.41, 5.74) is -1.05. The number of aromatic nitrogens is 2. The van der Waals surface area contributed by atoms with E-state index in [0.717, 1.165) is 16.7 Å². The van der Waals surface area contributed by atoms with Gasteiger partial charge in [-0.25, -0.2) is 4.98 Å². The van der Waals surface area contributed by atoms with Crippen molar-refractivity contribution in [3.63, 3.8) is 0 Å². The fraction of sp³-hybridized carbons (Fsp3) is 0.400. The summed E-state index contributed by atoms with van der Waals surface area (Å²) in [5.74, 6) is -0.117. The molecule has 25 heavy (non-hydrogen) atoms. The SMILES string of the molecule is O=C(c1cc(Br)cs1)N1CCCC(Oc2nccc(C(F)(F)F)n2)C1. The van der Waals surface area contributed by atoms with Crippen LogP contribution in [-0.2, 0) is 6.18 Å². The van der Waals surface area contributed by atoms with Crippen molar-refractivity contribution in [1.82, 2.24) is 14.9 Å². The lowest BCUT2D eigenvalue weighted by Gasteiger charge is -2.32. The Balaban J connectivity index is 1.67. The second-order valence-corrected chi connectivity index (χ2v) is 7.31. The minimum atomic E-state index is -4.55. The Kier molecular flexibility index (Phi) is 5.28. The van der Waals surface area contributed by atoms with Crippen LogP contribution in [0.1, 0.15) is 28.2 Å². The largest absolute Gasteiger partial charge is 0.458 e. The summed E-state index contributed by atoms with van der Waals surface area (Å²) in [6.45, 7) is 0.867. The summed E-state index contributed by atoms with van der Waals surface area (Å²) in [7, 11) is 0. The van der Waals surface area contributed by atoms with Gasteiger partial charge in [-0.1, -0.05) is 0 Å². The van der Waals surface area contributed by atoms with Crippen LogP contribution < -0.4 is 4.74 Å². The summed E-state index contributed by atoms with van der Waals surface area (Å²) in [6.07, 6.45) is -2.66. The fourth-order valence-corrected chi connectivity index (χ4v) is 3.90. The standard InChI is InChI=1S/C15H13BrF3N3O2S/c16-9-6-11(25-8-9)13(23)22-5-1-2-10(7-22)24-14-20-4-3-12(21-14)15(17,18)19/h3-4,6,8,10H,1-2,5,7H2. The Morgan fingerprint density at radius 2 is 2.24 bits per heavy atom. The molecular formula is C15H13BrF3N3O2S. The van der Waals surface area contributed by atoms with Gasteiger partial charge in [0, 0.05) is 22.6 Å². The van der Waals surface area contributed by atoms with Gasteiger partial charge in [-0.05, 0) is 40.9 Å². The van der Waals surface area contributed by atoms with E-state index in [0.29, 0.717) is 24.3 Å². The zero-order valence-electron chi connectivity index (χ0n) is 12.8. The minimum Gasteiger partial charge on any atom is -0.458 e. The smallest absolute Gasteiger partial charge is 0.433 e.